The van der Waals surface area contributed by atoms with Crippen LogP contribution >= 0.6 is 22.6 Å². The van der Waals surface area contributed by atoms with Crippen LogP contribution in [0.1, 0.15) is 25.3 Å². The van der Waals surface area contributed by atoms with Crippen molar-refractivity contribution in [2.24, 2.45) is 0 Å². The van der Waals surface area contributed by atoms with Gasteiger partial charge in [-0.25, -0.2) is 4.79 Å². The van der Waals surface area contributed by atoms with Crippen LogP contribution in [0.4, 0.5) is 0 Å². The fraction of sp³-hybridized carbons (Fsp3) is 0.429. The minimum absolute atomic E-state index is 0.0985. The molecule has 1 atom stereocenters. The van der Waals surface area contributed by atoms with E-state index in [1.807, 2.05) is 24.3 Å². The number of carbonyl (C=O) groups excluding carboxylic acids is 1. The quantitative estimate of drug-likeness (QED) is 0.806. The molecule has 4 nitrogen and oxygen atoms in total. The summed E-state index contributed by atoms with van der Waals surface area (Å²) in [6.45, 7) is 1.58. The zero-order valence-corrected chi connectivity index (χ0v) is 12.8. The van der Waals surface area contributed by atoms with Crippen LogP contribution in [-0.2, 0) is 16.0 Å². The highest BCUT2D eigenvalue weighted by Crippen LogP contribution is 2.29. The number of carboxylic acids is 1. The summed E-state index contributed by atoms with van der Waals surface area (Å²) in [5, 5.41) is 9.09. The van der Waals surface area contributed by atoms with Crippen LogP contribution in [0.5, 0.6) is 0 Å². The van der Waals surface area contributed by atoms with Gasteiger partial charge in [0.15, 0.2) is 0 Å². The van der Waals surface area contributed by atoms with E-state index in [0.29, 0.717) is 0 Å². The molecule has 19 heavy (non-hydrogen) atoms. The van der Waals surface area contributed by atoms with Crippen molar-refractivity contribution in [3.63, 3.8) is 0 Å². The molecule has 1 unspecified atom stereocenters. The summed E-state index contributed by atoms with van der Waals surface area (Å²) in [5.41, 5.74) is 0.925. The molecule has 0 spiro atoms. The SMILES string of the molecule is CC(C(=O)O)N(C(=O)Cc1ccc(I)cc1)C1CC1. The Balaban J connectivity index is 2.07. The number of aliphatic carboxylic acids is 1. The molecule has 1 N–H and O–H groups in total. The van der Waals surface area contributed by atoms with Crippen LogP contribution in [-0.4, -0.2) is 34.0 Å². The van der Waals surface area contributed by atoms with Gasteiger partial charge < -0.3 is 10.0 Å². The van der Waals surface area contributed by atoms with Crippen LogP contribution in [0.15, 0.2) is 24.3 Å². The van der Waals surface area contributed by atoms with Gasteiger partial charge >= 0.3 is 5.97 Å². The van der Waals surface area contributed by atoms with E-state index in [0.717, 1.165) is 22.0 Å². The van der Waals surface area contributed by atoms with Gasteiger partial charge in [0, 0.05) is 9.61 Å². The lowest BCUT2D eigenvalue weighted by Crippen LogP contribution is -2.45. The lowest BCUT2D eigenvalue weighted by molar-refractivity contribution is -0.149. The highest BCUT2D eigenvalue weighted by Gasteiger charge is 2.38. The molecule has 1 saturated carbocycles. The molecular weight excluding hydrogens is 357 g/mol. The van der Waals surface area contributed by atoms with Crippen molar-refractivity contribution in [3.05, 3.63) is 33.4 Å². The van der Waals surface area contributed by atoms with Gasteiger partial charge in [-0.1, -0.05) is 12.1 Å². The van der Waals surface area contributed by atoms with E-state index in [9.17, 15) is 9.59 Å². The summed E-state index contributed by atoms with van der Waals surface area (Å²) < 4.78 is 1.12. The second-order valence-electron chi connectivity index (χ2n) is 4.85. The molecule has 1 aliphatic rings. The Kier molecular flexibility index (Phi) is 4.44. The zero-order valence-electron chi connectivity index (χ0n) is 10.7. The van der Waals surface area contributed by atoms with Crippen molar-refractivity contribution >= 4 is 34.5 Å². The standard InChI is InChI=1S/C14H16INO3/c1-9(14(18)19)16(12-6-7-12)13(17)8-10-2-4-11(15)5-3-10/h2-5,9,12H,6-8H2,1H3,(H,18,19). The van der Waals surface area contributed by atoms with E-state index in [-0.39, 0.29) is 18.4 Å². The van der Waals surface area contributed by atoms with E-state index in [4.69, 9.17) is 5.11 Å². The van der Waals surface area contributed by atoms with Crippen LogP contribution in [0.3, 0.4) is 0 Å². The van der Waals surface area contributed by atoms with Gasteiger partial charge in [0.25, 0.3) is 0 Å². The third kappa shape index (κ3) is 3.68. The van der Waals surface area contributed by atoms with Crippen molar-refractivity contribution in [2.75, 3.05) is 0 Å². The largest absolute Gasteiger partial charge is 0.480 e. The van der Waals surface area contributed by atoms with Crippen LogP contribution < -0.4 is 0 Å². The van der Waals surface area contributed by atoms with E-state index in [1.165, 1.54) is 4.90 Å². The number of rotatable bonds is 5. The lowest BCUT2D eigenvalue weighted by atomic mass is 10.1. The van der Waals surface area contributed by atoms with E-state index in [1.54, 1.807) is 6.92 Å². The zero-order chi connectivity index (χ0) is 14.0. The molecule has 0 aromatic heterocycles. The second kappa shape index (κ2) is 5.90. The molecule has 1 amide bonds. The van der Waals surface area contributed by atoms with Crippen molar-refractivity contribution in [1.82, 2.24) is 4.90 Å². The van der Waals surface area contributed by atoms with E-state index in [2.05, 4.69) is 22.6 Å². The van der Waals surface area contributed by atoms with Crippen molar-refractivity contribution < 1.29 is 14.7 Å². The summed E-state index contributed by atoms with van der Waals surface area (Å²) in [6, 6.07) is 7.09. The topological polar surface area (TPSA) is 57.6 Å². The maximum absolute atomic E-state index is 12.3. The molecular formula is C14H16INO3. The van der Waals surface area contributed by atoms with Gasteiger partial charge in [-0.05, 0) is 60.1 Å². The monoisotopic (exact) mass is 373 g/mol. The lowest BCUT2D eigenvalue weighted by Gasteiger charge is -2.26. The first-order valence-corrected chi connectivity index (χ1v) is 7.35. The summed E-state index contributed by atoms with van der Waals surface area (Å²) in [5.74, 6) is -1.04. The normalized spacial score (nSPS) is 15.9. The Morgan fingerprint density at radius 1 is 1.37 bits per heavy atom. The van der Waals surface area contributed by atoms with Gasteiger partial charge in [-0.15, -0.1) is 0 Å². The molecule has 1 aliphatic carbocycles. The van der Waals surface area contributed by atoms with Crippen LogP contribution in [0.25, 0.3) is 0 Å². The summed E-state index contributed by atoms with van der Waals surface area (Å²) in [6.07, 6.45) is 2.09. The van der Waals surface area contributed by atoms with Gasteiger partial charge in [0.05, 0.1) is 6.42 Å². The molecule has 1 aromatic carbocycles. The molecule has 0 aliphatic heterocycles. The molecule has 0 heterocycles. The third-order valence-electron chi connectivity index (χ3n) is 3.27. The number of nitrogens with zero attached hydrogens (tertiary/aromatic N) is 1. The molecule has 1 fully saturated rings. The first-order valence-electron chi connectivity index (χ1n) is 6.27. The third-order valence-corrected chi connectivity index (χ3v) is 3.99. The van der Waals surface area contributed by atoms with Gasteiger partial charge in [-0.3, -0.25) is 4.79 Å². The molecule has 0 radical (unpaired) electrons. The first-order chi connectivity index (χ1) is 8.99. The number of halogens is 1. The Labute approximate surface area is 125 Å². The highest BCUT2D eigenvalue weighted by atomic mass is 127. The number of carboxylic acid groups (broad SMARTS) is 1. The molecule has 102 valence electrons. The number of carbonyl (C=O) groups is 2. The molecule has 0 saturated heterocycles. The van der Waals surface area contributed by atoms with Crippen molar-refractivity contribution in [3.8, 4) is 0 Å². The number of benzene rings is 1. The van der Waals surface area contributed by atoms with Gasteiger partial charge in [-0.2, -0.15) is 0 Å². The first kappa shape index (κ1) is 14.3. The number of hydrogen-bond donors (Lipinski definition) is 1. The maximum atomic E-state index is 12.3. The molecule has 2 rings (SSSR count). The Morgan fingerprint density at radius 2 is 1.95 bits per heavy atom. The fourth-order valence-corrected chi connectivity index (χ4v) is 2.44. The average Bonchev–Trinajstić information content (AvgIpc) is 3.16. The maximum Gasteiger partial charge on any atom is 0.326 e. The molecule has 1 aromatic rings. The second-order valence-corrected chi connectivity index (χ2v) is 6.10. The summed E-state index contributed by atoms with van der Waals surface area (Å²) in [4.78, 5) is 24.9. The van der Waals surface area contributed by atoms with Crippen molar-refractivity contribution in [1.29, 1.82) is 0 Å². The summed E-state index contributed by atoms with van der Waals surface area (Å²) in [7, 11) is 0. The van der Waals surface area contributed by atoms with E-state index < -0.39 is 12.0 Å². The van der Waals surface area contributed by atoms with Gasteiger partial charge in [0.1, 0.15) is 6.04 Å². The highest BCUT2D eigenvalue weighted by molar-refractivity contribution is 14.1. The predicted molar refractivity (Wildman–Crippen MR) is 79.8 cm³/mol. The van der Waals surface area contributed by atoms with Crippen molar-refractivity contribution in [2.45, 2.75) is 38.3 Å². The Bertz CT molecular complexity index is 482. The van der Waals surface area contributed by atoms with Gasteiger partial charge in [0.2, 0.25) is 5.91 Å². The number of hydrogen-bond acceptors (Lipinski definition) is 2. The number of amides is 1. The smallest absolute Gasteiger partial charge is 0.326 e. The average molecular weight is 373 g/mol. The fourth-order valence-electron chi connectivity index (χ4n) is 2.08. The molecule has 0 bridgehead atoms. The molecule has 5 heteroatoms. The predicted octanol–water partition coefficient (Wildman–Crippen LogP) is 2.30. The minimum Gasteiger partial charge on any atom is -0.480 e. The van der Waals surface area contributed by atoms with E-state index >= 15 is 0 Å². The minimum atomic E-state index is -0.942. The Hall–Kier alpha value is -1.11. The Morgan fingerprint density at radius 3 is 2.42 bits per heavy atom. The summed E-state index contributed by atoms with van der Waals surface area (Å²) >= 11 is 2.21. The van der Waals surface area contributed by atoms with Crippen LogP contribution in [0.2, 0.25) is 0 Å². The van der Waals surface area contributed by atoms with Crippen LogP contribution in [0, 0.1) is 3.57 Å².